The van der Waals surface area contributed by atoms with E-state index in [9.17, 15) is 5.11 Å². The molecule has 2 N–H and O–H groups in total. The summed E-state index contributed by atoms with van der Waals surface area (Å²) in [7, 11) is 0. The lowest BCUT2D eigenvalue weighted by Crippen LogP contribution is -2.51. The van der Waals surface area contributed by atoms with E-state index in [0.29, 0.717) is 18.9 Å². The van der Waals surface area contributed by atoms with Gasteiger partial charge in [-0.25, -0.2) is 0 Å². The number of ether oxygens (including phenoxy) is 2. The molecule has 16 heavy (non-hydrogen) atoms. The first-order chi connectivity index (χ1) is 7.69. The first-order valence-electron chi connectivity index (χ1n) is 6.26. The van der Waals surface area contributed by atoms with Gasteiger partial charge in [0.1, 0.15) is 0 Å². The molecule has 2 saturated heterocycles. The molecule has 4 nitrogen and oxygen atoms in total. The summed E-state index contributed by atoms with van der Waals surface area (Å²) in [5.74, 6) is -0.100. The molecule has 2 aliphatic rings. The fourth-order valence-electron chi connectivity index (χ4n) is 2.53. The Morgan fingerprint density at radius 3 is 2.56 bits per heavy atom. The van der Waals surface area contributed by atoms with Crippen LogP contribution >= 0.6 is 0 Å². The second-order valence-corrected chi connectivity index (χ2v) is 5.06. The first kappa shape index (κ1) is 12.3. The summed E-state index contributed by atoms with van der Waals surface area (Å²) in [6, 6.07) is 0. The van der Waals surface area contributed by atoms with Crippen LogP contribution in [0.2, 0.25) is 0 Å². The summed E-state index contributed by atoms with van der Waals surface area (Å²) in [6.45, 7) is 3.28. The third-order valence-electron chi connectivity index (χ3n) is 3.95. The lowest BCUT2D eigenvalue weighted by molar-refractivity contribution is -0.307. The topological polar surface area (TPSA) is 58.9 Å². The smallest absolute Gasteiger partial charge is 0.170 e. The molecule has 0 unspecified atom stereocenters. The van der Waals surface area contributed by atoms with E-state index in [0.717, 1.165) is 25.9 Å². The van der Waals surface area contributed by atoms with Crippen molar-refractivity contribution >= 4 is 0 Å². The van der Waals surface area contributed by atoms with E-state index >= 15 is 0 Å². The van der Waals surface area contributed by atoms with Crippen LogP contribution in [-0.4, -0.2) is 41.9 Å². The quantitative estimate of drug-likeness (QED) is 0.740. The zero-order valence-corrected chi connectivity index (χ0v) is 9.89. The Labute approximate surface area is 96.6 Å². The third kappa shape index (κ3) is 2.40. The largest absolute Gasteiger partial charge is 0.396 e. The predicted molar refractivity (Wildman–Crippen MR) is 58.8 cm³/mol. The van der Waals surface area contributed by atoms with E-state index in [1.54, 1.807) is 0 Å². The minimum absolute atomic E-state index is 0.0190. The van der Waals surface area contributed by atoms with Crippen molar-refractivity contribution in [2.45, 2.75) is 44.5 Å². The fourth-order valence-corrected chi connectivity index (χ4v) is 2.53. The zero-order valence-electron chi connectivity index (χ0n) is 9.89. The van der Waals surface area contributed by atoms with Gasteiger partial charge >= 0.3 is 0 Å². The molecule has 0 bridgehead atoms. The van der Waals surface area contributed by atoms with Crippen molar-refractivity contribution in [3.05, 3.63) is 0 Å². The summed E-state index contributed by atoms with van der Waals surface area (Å²) in [4.78, 5) is 0. The Bertz CT molecular complexity index is 218. The van der Waals surface area contributed by atoms with Crippen LogP contribution in [0.3, 0.4) is 0 Å². The average Bonchev–Trinajstić information content (AvgIpc) is 2.30. The number of aliphatic hydroxyl groups is 2. The Kier molecular flexibility index (Phi) is 3.85. The van der Waals surface area contributed by atoms with Crippen LogP contribution in [0.25, 0.3) is 0 Å². The van der Waals surface area contributed by atoms with Crippen molar-refractivity contribution in [1.82, 2.24) is 0 Å². The maximum absolute atomic E-state index is 9.89. The molecule has 0 amide bonds. The SMILES string of the molecule is CC[C@@H]1CC[C@@]2(C[C@H](O)[C@H](CO)CO2)OC1. The summed E-state index contributed by atoms with van der Waals surface area (Å²) in [5.41, 5.74) is 0. The van der Waals surface area contributed by atoms with Gasteiger partial charge in [-0.15, -0.1) is 0 Å². The molecule has 1 spiro atoms. The van der Waals surface area contributed by atoms with Crippen molar-refractivity contribution in [2.24, 2.45) is 11.8 Å². The molecule has 0 aromatic heterocycles. The van der Waals surface area contributed by atoms with Crippen molar-refractivity contribution < 1.29 is 19.7 Å². The molecule has 0 radical (unpaired) electrons. The van der Waals surface area contributed by atoms with E-state index in [4.69, 9.17) is 14.6 Å². The number of aliphatic hydroxyl groups excluding tert-OH is 2. The molecule has 0 aliphatic carbocycles. The maximum atomic E-state index is 9.89. The van der Waals surface area contributed by atoms with Gasteiger partial charge in [-0.2, -0.15) is 0 Å². The van der Waals surface area contributed by atoms with Gasteiger partial charge in [-0.3, -0.25) is 0 Å². The van der Waals surface area contributed by atoms with Crippen molar-refractivity contribution in [3.63, 3.8) is 0 Å². The zero-order chi connectivity index (χ0) is 11.6. The standard InChI is InChI=1S/C12H22O4/c1-2-9-3-4-12(15-7-9)5-11(14)10(6-13)8-16-12/h9-11,13-14H,2-8H2,1H3/t9-,10-,11+,12-/m1/s1. The summed E-state index contributed by atoms with van der Waals surface area (Å²) in [6.07, 6.45) is 3.09. The third-order valence-corrected chi connectivity index (χ3v) is 3.95. The monoisotopic (exact) mass is 230 g/mol. The predicted octanol–water partition coefficient (Wildman–Crippen LogP) is 0.909. The van der Waals surface area contributed by atoms with Crippen LogP contribution < -0.4 is 0 Å². The van der Waals surface area contributed by atoms with Crippen LogP contribution in [0.1, 0.15) is 32.6 Å². The summed E-state index contributed by atoms with van der Waals surface area (Å²) >= 11 is 0. The van der Waals surface area contributed by atoms with Gasteiger partial charge in [-0.05, 0) is 12.3 Å². The van der Waals surface area contributed by atoms with Gasteiger partial charge in [0.25, 0.3) is 0 Å². The molecular formula is C12H22O4. The lowest BCUT2D eigenvalue weighted by Gasteiger charge is -2.45. The second-order valence-electron chi connectivity index (χ2n) is 5.06. The van der Waals surface area contributed by atoms with E-state index in [2.05, 4.69) is 6.92 Å². The summed E-state index contributed by atoms with van der Waals surface area (Å²) in [5, 5.41) is 18.9. The Hall–Kier alpha value is -0.160. The molecular weight excluding hydrogens is 208 g/mol. The van der Waals surface area contributed by atoms with Gasteiger partial charge in [0, 0.05) is 18.8 Å². The van der Waals surface area contributed by atoms with Crippen LogP contribution in [-0.2, 0) is 9.47 Å². The number of rotatable bonds is 2. The van der Waals surface area contributed by atoms with E-state index in [1.807, 2.05) is 0 Å². The normalized spacial score (nSPS) is 44.8. The highest BCUT2D eigenvalue weighted by Gasteiger charge is 2.44. The van der Waals surface area contributed by atoms with E-state index in [1.165, 1.54) is 0 Å². The molecule has 2 fully saturated rings. The molecule has 0 aromatic rings. The molecule has 4 atom stereocenters. The molecule has 2 rings (SSSR count). The van der Waals surface area contributed by atoms with Crippen LogP contribution in [0.5, 0.6) is 0 Å². The fraction of sp³-hybridized carbons (Fsp3) is 1.00. The highest BCUT2D eigenvalue weighted by molar-refractivity contribution is 4.87. The molecule has 4 heteroatoms. The van der Waals surface area contributed by atoms with Crippen molar-refractivity contribution in [1.29, 1.82) is 0 Å². The van der Waals surface area contributed by atoms with E-state index in [-0.39, 0.29) is 12.5 Å². The van der Waals surface area contributed by atoms with Crippen LogP contribution in [0.4, 0.5) is 0 Å². The molecule has 0 saturated carbocycles. The molecule has 2 heterocycles. The maximum Gasteiger partial charge on any atom is 0.170 e. The van der Waals surface area contributed by atoms with Gasteiger partial charge in [-0.1, -0.05) is 13.3 Å². The van der Waals surface area contributed by atoms with Crippen molar-refractivity contribution in [2.75, 3.05) is 19.8 Å². The van der Waals surface area contributed by atoms with Crippen LogP contribution in [0, 0.1) is 11.8 Å². The Balaban J connectivity index is 1.91. The summed E-state index contributed by atoms with van der Waals surface area (Å²) < 4.78 is 11.5. The molecule has 0 aromatic carbocycles. The highest BCUT2D eigenvalue weighted by Crippen LogP contribution is 2.38. The van der Waals surface area contributed by atoms with Gasteiger partial charge in [0.2, 0.25) is 0 Å². The van der Waals surface area contributed by atoms with Gasteiger partial charge in [0.05, 0.1) is 25.9 Å². The number of hydrogen-bond donors (Lipinski definition) is 2. The van der Waals surface area contributed by atoms with Gasteiger partial charge < -0.3 is 19.7 Å². The number of hydrogen-bond acceptors (Lipinski definition) is 4. The second kappa shape index (κ2) is 5.00. The van der Waals surface area contributed by atoms with E-state index < -0.39 is 11.9 Å². The van der Waals surface area contributed by atoms with Gasteiger partial charge in [0.15, 0.2) is 5.79 Å². The average molecular weight is 230 g/mol. The minimum atomic E-state index is -0.573. The molecule has 94 valence electrons. The van der Waals surface area contributed by atoms with Crippen molar-refractivity contribution in [3.8, 4) is 0 Å². The molecule has 2 aliphatic heterocycles. The first-order valence-corrected chi connectivity index (χ1v) is 6.26. The Morgan fingerprint density at radius 2 is 2.06 bits per heavy atom. The Morgan fingerprint density at radius 1 is 1.31 bits per heavy atom. The minimum Gasteiger partial charge on any atom is -0.396 e. The van der Waals surface area contributed by atoms with Crippen LogP contribution in [0.15, 0.2) is 0 Å². The highest BCUT2D eigenvalue weighted by atomic mass is 16.7. The lowest BCUT2D eigenvalue weighted by atomic mass is 9.86.